The van der Waals surface area contributed by atoms with Crippen molar-refractivity contribution in [2.45, 2.75) is 38.9 Å². The third-order valence-corrected chi connectivity index (χ3v) is 5.02. The number of aryl methyl sites for hydroxylation is 1. The van der Waals surface area contributed by atoms with Gasteiger partial charge in [-0.25, -0.2) is 22.0 Å². The highest BCUT2D eigenvalue weighted by molar-refractivity contribution is 5.72. The molecule has 0 N–H and O–H groups in total. The van der Waals surface area contributed by atoms with Crippen LogP contribution in [0, 0.1) is 29.1 Å². The first-order valence-corrected chi connectivity index (χ1v) is 10.3. The number of halogens is 9. The van der Waals surface area contributed by atoms with Crippen molar-refractivity contribution in [3.05, 3.63) is 76.6 Å². The third kappa shape index (κ3) is 5.63. The van der Waals surface area contributed by atoms with Crippen molar-refractivity contribution in [2.75, 3.05) is 0 Å². The van der Waals surface area contributed by atoms with E-state index in [0.29, 0.717) is 18.4 Å². The Morgan fingerprint density at radius 1 is 0.889 bits per heavy atom. The predicted molar refractivity (Wildman–Crippen MR) is 108 cm³/mol. The Balaban J connectivity index is 2.04. The van der Waals surface area contributed by atoms with Crippen molar-refractivity contribution in [1.82, 2.24) is 0 Å². The van der Waals surface area contributed by atoms with Crippen LogP contribution in [0.1, 0.15) is 30.9 Å². The van der Waals surface area contributed by atoms with Crippen LogP contribution in [0.3, 0.4) is 0 Å². The largest absolute Gasteiger partial charge is 0.432 e. The molecule has 0 fully saturated rings. The average Bonchev–Trinajstić information content (AvgIpc) is 2.75. The zero-order valence-electron chi connectivity index (χ0n) is 18.3. The number of ether oxygens (including phenoxy) is 2. The van der Waals surface area contributed by atoms with E-state index in [9.17, 15) is 40.2 Å². The van der Waals surface area contributed by atoms with E-state index in [1.807, 2.05) is 6.92 Å². The highest BCUT2D eigenvalue weighted by Gasteiger charge is 2.43. The van der Waals surface area contributed by atoms with E-state index in [2.05, 4.69) is 9.47 Å². The van der Waals surface area contributed by atoms with Gasteiger partial charge in [0.25, 0.3) is 0 Å². The Kier molecular flexibility index (Phi) is 7.95. The molecule has 0 spiro atoms. The lowest BCUT2D eigenvalue weighted by molar-refractivity contribution is -0.189. The van der Waals surface area contributed by atoms with Gasteiger partial charge in [-0.3, -0.25) is 5.11 Å². The lowest BCUT2D eigenvalue weighted by Crippen LogP contribution is -2.26. The van der Waals surface area contributed by atoms with Crippen molar-refractivity contribution in [1.29, 1.82) is 0 Å². The Bertz CT molecular complexity index is 1240. The molecule has 0 aliphatic carbocycles. The van der Waals surface area contributed by atoms with Gasteiger partial charge in [-0.2, -0.15) is 17.6 Å². The molecule has 0 saturated carbocycles. The molecule has 0 atom stereocenters. The maximum atomic E-state index is 15.1. The van der Waals surface area contributed by atoms with Crippen molar-refractivity contribution >= 4 is 0 Å². The monoisotopic (exact) mass is 523 g/mol. The fraction of sp³-hybridized carbons (Fsp3) is 0.250. The first kappa shape index (κ1) is 27.0. The molecule has 3 nitrogen and oxygen atoms in total. The predicted octanol–water partition coefficient (Wildman–Crippen LogP) is 8.27. The van der Waals surface area contributed by atoms with E-state index < -0.39 is 75.7 Å². The Morgan fingerprint density at radius 2 is 1.53 bits per heavy atom. The van der Waals surface area contributed by atoms with Gasteiger partial charge >= 0.3 is 12.7 Å². The maximum absolute atomic E-state index is 15.1. The van der Waals surface area contributed by atoms with Gasteiger partial charge in [0.05, 0.1) is 5.56 Å². The topological polar surface area (TPSA) is 38.4 Å². The number of hydrogen-bond acceptors (Lipinski definition) is 2. The zero-order valence-corrected chi connectivity index (χ0v) is 18.3. The van der Waals surface area contributed by atoms with Gasteiger partial charge in [-0.05, 0) is 24.5 Å². The van der Waals surface area contributed by atoms with Crippen LogP contribution in [-0.4, -0.2) is 6.61 Å². The number of hydrogen-bond donors (Lipinski definition) is 0. The van der Waals surface area contributed by atoms with E-state index >= 15 is 4.39 Å². The summed E-state index contributed by atoms with van der Waals surface area (Å²) < 4.78 is 133. The molecule has 0 bridgehead atoms. The van der Waals surface area contributed by atoms with Crippen LogP contribution in [0.5, 0.6) is 17.2 Å². The molecule has 0 unspecified atom stereocenters. The minimum Gasteiger partial charge on any atom is -0.429 e. The molecule has 0 aliphatic heterocycles. The normalized spacial score (nSPS) is 11.8. The van der Waals surface area contributed by atoms with Crippen molar-refractivity contribution in [3.63, 3.8) is 0 Å². The van der Waals surface area contributed by atoms with Gasteiger partial charge in [-0.15, -0.1) is 0 Å². The third-order valence-electron chi connectivity index (χ3n) is 5.02. The summed E-state index contributed by atoms with van der Waals surface area (Å²) in [7, 11) is 0. The summed E-state index contributed by atoms with van der Waals surface area (Å²) in [5.74, 6) is -13.5. The fourth-order valence-electron chi connectivity index (χ4n) is 3.41. The minimum atomic E-state index is -4.99. The van der Waals surface area contributed by atoms with Crippen molar-refractivity contribution in [3.8, 4) is 28.4 Å². The molecule has 12 heteroatoms. The SMILES string of the molecule is CCCCc1ccc(-c2c([O])cc(F)c(C(F)(F)Oc3cc(F)c(OC(F)F)c(F)c3)c2F)c(F)c1. The minimum absolute atomic E-state index is 0.0160. The smallest absolute Gasteiger partial charge is 0.429 e. The fourth-order valence-corrected chi connectivity index (χ4v) is 3.41. The maximum Gasteiger partial charge on any atom is 0.432 e. The molecule has 193 valence electrons. The van der Waals surface area contributed by atoms with E-state index in [1.165, 1.54) is 6.07 Å². The standard InChI is InChI=1S/C24H16F9O3/c1-2-3-4-11-5-6-13(14(25)7-11)19-18(34)10-15(26)20(21(19)29)24(32,33)36-12-8-16(27)22(17(28)9-12)35-23(30)31/h5-10,23H,2-4H2,1H3. The molecular formula is C24H16F9O3. The summed E-state index contributed by atoms with van der Waals surface area (Å²) in [6, 6.07) is 3.32. The molecule has 0 aromatic heterocycles. The summed E-state index contributed by atoms with van der Waals surface area (Å²) in [5.41, 5.74) is -3.58. The summed E-state index contributed by atoms with van der Waals surface area (Å²) in [6.07, 6.45) is -3.05. The Labute approximate surface area is 198 Å². The van der Waals surface area contributed by atoms with Crippen LogP contribution in [-0.2, 0) is 17.6 Å². The molecule has 0 aliphatic rings. The molecule has 0 amide bonds. The molecule has 3 aromatic carbocycles. The van der Waals surface area contributed by atoms with Gasteiger partial charge in [-0.1, -0.05) is 25.5 Å². The summed E-state index contributed by atoms with van der Waals surface area (Å²) in [6.45, 7) is -1.75. The lowest BCUT2D eigenvalue weighted by atomic mass is 9.97. The van der Waals surface area contributed by atoms with Gasteiger partial charge in [0, 0.05) is 23.8 Å². The second kappa shape index (κ2) is 10.6. The van der Waals surface area contributed by atoms with Crippen LogP contribution >= 0.6 is 0 Å². The van der Waals surface area contributed by atoms with Crippen LogP contribution < -0.4 is 9.47 Å². The quantitative estimate of drug-likeness (QED) is 0.265. The van der Waals surface area contributed by atoms with E-state index in [-0.39, 0.29) is 18.2 Å². The molecule has 0 heterocycles. The van der Waals surface area contributed by atoms with Crippen LogP contribution in [0.4, 0.5) is 39.5 Å². The second-order valence-electron chi connectivity index (χ2n) is 7.55. The first-order valence-electron chi connectivity index (χ1n) is 10.3. The molecular weight excluding hydrogens is 507 g/mol. The zero-order chi connectivity index (χ0) is 26.8. The summed E-state index contributed by atoms with van der Waals surface area (Å²) >= 11 is 0. The molecule has 36 heavy (non-hydrogen) atoms. The Morgan fingerprint density at radius 3 is 2.08 bits per heavy atom. The van der Waals surface area contributed by atoms with E-state index in [0.717, 1.165) is 18.6 Å². The summed E-state index contributed by atoms with van der Waals surface area (Å²) in [5, 5.41) is 12.2. The number of benzene rings is 3. The molecule has 1 radical (unpaired) electrons. The van der Waals surface area contributed by atoms with E-state index in [4.69, 9.17) is 0 Å². The van der Waals surface area contributed by atoms with Crippen molar-refractivity contribution in [2.24, 2.45) is 0 Å². The first-order chi connectivity index (χ1) is 16.9. The molecule has 3 rings (SSSR count). The van der Waals surface area contributed by atoms with Crippen LogP contribution in [0.2, 0.25) is 0 Å². The van der Waals surface area contributed by atoms with Crippen LogP contribution in [0.25, 0.3) is 11.1 Å². The van der Waals surface area contributed by atoms with Gasteiger partial charge in [0.1, 0.15) is 22.9 Å². The number of alkyl halides is 4. The highest BCUT2D eigenvalue weighted by Crippen LogP contribution is 2.43. The number of rotatable bonds is 9. The van der Waals surface area contributed by atoms with E-state index in [1.54, 1.807) is 0 Å². The van der Waals surface area contributed by atoms with Gasteiger partial charge in [0.15, 0.2) is 29.0 Å². The van der Waals surface area contributed by atoms with Crippen LogP contribution in [0.15, 0.2) is 36.4 Å². The second-order valence-corrected chi connectivity index (χ2v) is 7.55. The molecule has 0 saturated heterocycles. The number of unbranched alkanes of at least 4 members (excludes halogenated alkanes) is 1. The lowest BCUT2D eigenvalue weighted by Gasteiger charge is -2.21. The van der Waals surface area contributed by atoms with Gasteiger partial charge < -0.3 is 9.47 Å². The summed E-state index contributed by atoms with van der Waals surface area (Å²) in [4.78, 5) is 0. The Hall–Kier alpha value is -3.57. The average molecular weight is 523 g/mol. The van der Waals surface area contributed by atoms with Gasteiger partial charge in [0.2, 0.25) is 0 Å². The highest BCUT2D eigenvalue weighted by atomic mass is 19.3. The molecule has 3 aromatic rings. The van der Waals surface area contributed by atoms with Crippen molar-refractivity contribution < 1.29 is 54.1 Å².